The van der Waals surface area contributed by atoms with Gasteiger partial charge in [0.05, 0.1) is 6.54 Å². The van der Waals surface area contributed by atoms with Crippen LogP contribution in [0.1, 0.15) is 26.7 Å². The van der Waals surface area contributed by atoms with E-state index in [2.05, 4.69) is 15.6 Å². The zero-order valence-electron chi connectivity index (χ0n) is 13.4. The summed E-state index contributed by atoms with van der Waals surface area (Å²) in [6.45, 7) is 3.47. The topological polar surface area (TPSA) is 186 Å². The molecule has 0 saturated carbocycles. The molecule has 0 aromatic rings. The van der Waals surface area contributed by atoms with Gasteiger partial charge in [-0.2, -0.15) is 0 Å². The highest BCUT2D eigenvalue weighted by Crippen LogP contribution is 2.05. The van der Waals surface area contributed by atoms with Crippen LogP contribution in [0.4, 0.5) is 0 Å². The van der Waals surface area contributed by atoms with Gasteiger partial charge in [0, 0.05) is 6.54 Å². The number of rotatable bonds is 10. The standard InChI is InChI=1S/C13H26N6O4/c1-7(2)10(19-9(20)6-14)11(21)18-8(12(22)23)4-3-5-17-13(15)16/h7-8,10H,3-6,14H2,1-2H3,(H,18,21)(H,19,20)(H,22,23)(H4,15,16,17)/t8-,10-/m0/s1. The number of aliphatic carboxylic acids is 1. The van der Waals surface area contributed by atoms with Crippen molar-refractivity contribution in [1.29, 1.82) is 0 Å². The first kappa shape index (κ1) is 20.6. The van der Waals surface area contributed by atoms with Crippen LogP contribution in [0.3, 0.4) is 0 Å². The smallest absolute Gasteiger partial charge is 0.326 e. The number of guanidine groups is 1. The second-order valence-electron chi connectivity index (χ2n) is 5.34. The van der Waals surface area contributed by atoms with E-state index in [4.69, 9.17) is 17.2 Å². The maximum absolute atomic E-state index is 12.2. The van der Waals surface area contributed by atoms with Crippen LogP contribution in [-0.2, 0) is 14.4 Å². The molecule has 0 fully saturated rings. The molecule has 2 atom stereocenters. The molecule has 132 valence electrons. The van der Waals surface area contributed by atoms with Crippen molar-refractivity contribution in [3.63, 3.8) is 0 Å². The van der Waals surface area contributed by atoms with E-state index in [1.165, 1.54) is 0 Å². The Bertz CT molecular complexity index is 448. The summed E-state index contributed by atoms with van der Waals surface area (Å²) in [4.78, 5) is 38.5. The summed E-state index contributed by atoms with van der Waals surface area (Å²) in [5.74, 6) is -2.53. The number of nitrogens with zero attached hydrogens (tertiary/aromatic N) is 1. The molecule has 0 bridgehead atoms. The van der Waals surface area contributed by atoms with Gasteiger partial charge in [-0.3, -0.25) is 14.6 Å². The van der Waals surface area contributed by atoms with Crippen molar-refractivity contribution in [2.24, 2.45) is 28.1 Å². The number of carboxylic acid groups (broad SMARTS) is 1. The summed E-state index contributed by atoms with van der Waals surface area (Å²) >= 11 is 0. The van der Waals surface area contributed by atoms with Gasteiger partial charge in [0.2, 0.25) is 11.8 Å². The van der Waals surface area contributed by atoms with Crippen molar-refractivity contribution in [1.82, 2.24) is 10.6 Å². The fourth-order valence-electron chi connectivity index (χ4n) is 1.79. The molecule has 0 aliphatic heterocycles. The molecule has 0 aromatic carbocycles. The van der Waals surface area contributed by atoms with Crippen LogP contribution in [0.15, 0.2) is 4.99 Å². The van der Waals surface area contributed by atoms with Crippen LogP contribution in [0.2, 0.25) is 0 Å². The number of nitrogens with two attached hydrogens (primary N) is 3. The molecule has 0 heterocycles. The molecule has 0 aliphatic rings. The molecule has 0 rings (SSSR count). The minimum atomic E-state index is -1.17. The number of carboxylic acids is 1. The van der Waals surface area contributed by atoms with Crippen molar-refractivity contribution in [3.05, 3.63) is 0 Å². The van der Waals surface area contributed by atoms with Gasteiger partial charge in [-0.1, -0.05) is 13.8 Å². The van der Waals surface area contributed by atoms with Crippen LogP contribution in [0.5, 0.6) is 0 Å². The maximum Gasteiger partial charge on any atom is 0.326 e. The highest BCUT2D eigenvalue weighted by molar-refractivity contribution is 5.90. The van der Waals surface area contributed by atoms with Crippen molar-refractivity contribution >= 4 is 23.7 Å². The predicted molar refractivity (Wildman–Crippen MR) is 85.3 cm³/mol. The van der Waals surface area contributed by atoms with Crippen LogP contribution in [-0.4, -0.2) is 54.0 Å². The van der Waals surface area contributed by atoms with Crippen molar-refractivity contribution < 1.29 is 19.5 Å². The molecule has 23 heavy (non-hydrogen) atoms. The number of carbonyl (C=O) groups excluding carboxylic acids is 2. The maximum atomic E-state index is 12.2. The van der Waals surface area contributed by atoms with Crippen molar-refractivity contribution in [3.8, 4) is 0 Å². The van der Waals surface area contributed by atoms with Gasteiger partial charge in [0.25, 0.3) is 0 Å². The lowest BCUT2D eigenvalue weighted by molar-refractivity contribution is -0.142. The first-order chi connectivity index (χ1) is 10.7. The largest absolute Gasteiger partial charge is 0.480 e. The van der Waals surface area contributed by atoms with E-state index in [0.29, 0.717) is 6.42 Å². The van der Waals surface area contributed by atoms with Gasteiger partial charge < -0.3 is 32.9 Å². The first-order valence-corrected chi connectivity index (χ1v) is 7.27. The van der Waals surface area contributed by atoms with Crippen molar-refractivity contribution in [2.45, 2.75) is 38.8 Å². The number of amides is 2. The Morgan fingerprint density at radius 2 is 1.78 bits per heavy atom. The monoisotopic (exact) mass is 330 g/mol. The SMILES string of the molecule is CC(C)[C@H](NC(=O)CN)C(=O)N[C@@H](CCCN=C(N)N)C(=O)O. The van der Waals surface area contributed by atoms with Gasteiger partial charge >= 0.3 is 5.97 Å². The molecule has 0 radical (unpaired) electrons. The van der Waals surface area contributed by atoms with Gasteiger partial charge in [-0.25, -0.2) is 4.79 Å². The molecule has 9 N–H and O–H groups in total. The van der Waals surface area contributed by atoms with Gasteiger partial charge in [0.15, 0.2) is 5.96 Å². The summed E-state index contributed by atoms with van der Waals surface area (Å²) in [6, 6.07) is -1.95. The van der Waals surface area contributed by atoms with E-state index in [9.17, 15) is 19.5 Å². The Hall–Kier alpha value is -2.36. The quantitative estimate of drug-likeness (QED) is 0.148. The average Bonchev–Trinajstić information content (AvgIpc) is 2.46. The molecule has 0 aliphatic carbocycles. The van der Waals surface area contributed by atoms with Crippen molar-refractivity contribution in [2.75, 3.05) is 13.1 Å². The number of hydrogen-bond acceptors (Lipinski definition) is 5. The Labute approximate surface area is 134 Å². The predicted octanol–water partition coefficient (Wildman–Crippen LogP) is -2.29. The van der Waals surface area contributed by atoms with E-state index < -0.39 is 29.9 Å². The van der Waals surface area contributed by atoms with E-state index in [-0.39, 0.29) is 31.4 Å². The lowest BCUT2D eigenvalue weighted by atomic mass is 10.0. The van der Waals surface area contributed by atoms with E-state index in [1.54, 1.807) is 13.8 Å². The van der Waals surface area contributed by atoms with E-state index in [0.717, 1.165) is 0 Å². The fraction of sp³-hybridized carbons (Fsp3) is 0.692. The Kier molecular flexibility index (Phi) is 9.31. The van der Waals surface area contributed by atoms with Gasteiger partial charge in [-0.15, -0.1) is 0 Å². The van der Waals surface area contributed by atoms with Gasteiger partial charge in [-0.05, 0) is 18.8 Å². The zero-order chi connectivity index (χ0) is 18.0. The van der Waals surface area contributed by atoms with E-state index in [1.807, 2.05) is 0 Å². The summed E-state index contributed by atoms with van der Waals surface area (Å²) < 4.78 is 0. The second kappa shape index (κ2) is 10.4. The third-order valence-corrected chi connectivity index (χ3v) is 3.01. The highest BCUT2D eigenvalue weighted by Gasteiger charge is 2.28. The molecule has 0 unspecified atom stereocenters. The minimum Gasteiger partial charge on any atom is -0.480 e. The molecular formula is C13H26N6O4. The first-order valence-electron chi connectivity index (χ1n) is 7.27. The summed E-state index contributed by atoms with van der Waals surface area (Å²) in [5.41, 5.74) is 15.6. The average molecular weight is 330 g/mol. The summed E-state index contributed by atoms with van der Waals surface area (Å²) in [5, 5.41) is 14.1. The molecule has 10 nitrogen and oxygen atoms in total. The summed E-state index contributed by atoms with van der Waals surface area (Å²) in [7, 11) is 0. The van der Waals surface area contributed by atoms with Crippen LogP contribution in [0.25, 0.3) is 0 Å². The molecule has 0 aromatic heterocycles. The molecule has 0 spiro atoms. The normalized spacial score (nSPS) is 13.0. The molecule has 0 saturated heterocycles. The molecular weight excluding hydrogens is 304 g/mol. The summed E-state index contributed by atoms with van der Waals surface area (Å²) in [6.07, 6.45) is 0.546. The second-order valence-corrected chi connectivity index (χ2v) is 5.34. The zero-order valence-corrected chi connectivity index (χ0v) is 13.4. The highest BCUT2D eigenvalue weighted by atomic mass is 16.4. The number of nitrogens with one attached hydrogen (secondary N) is 2. The van der Waals surface area contributed by atoms with Crippen LogP contribution < -0.4 is 27.8 Å². The Balaban J connectivity index is 4.70. The lowest BCUT2D eigenvalue weighted by Gasteiger charge is -2.23. The Morgan fingerprint density at radius 1 is 1.17 bits per heavy atom. The van der Waals surface area contributed by atoms with Crippen LogP contribution in [0, 0.1) is 5.92 Å². The van der Waals surface area contributed by atoms with Crippen LogP contribution >= 0.6 is 0 Å². The Morgan fingerprint density at radius 3 is 2.22 bits per heavy atom. The number of aliphatic imine (C=N–C) groups is 1. The number of carbonyl (C=O) groups is 3. The van der Waals surface area contributed by atoms with E-state index >= 15 is 0 Å². The fourth-order valence-corrected chi connectivity index (χ4v) is 1.79. The lowest BCUT2D eigenvalue weighted by Crippen LogP contribution is -2.54. The van der Waals surface area contributed by atoms with Gasteiger partial charge in [0.1, 0.15) is 12.1 Å². The third-order valence-electron chi connectivity index (χ3n) is 3.01. The third kappa shape index (κ3) is 8.61. The number of hydrogen-bond donors (Lipinski definition) is 6. The molecule has 10 heteroatoms. The minimum absolute atomic E-state index is 0.0784. The molecule has 2 amide bonds.